The molecule has 1 aliphatic heterocycles. The maximum Gasteiger partial charge on any atom is 0.306 e. The molecule has 0 amide bonds. The smallest absolute Gasteiger partial charge is 0.306 e. The molecular weight excluding hydrogens is 194 g/mol. The standard InChI is InChI=1S/C7H13NO4S/c1-6-5-8(6)13(10,11)4-3-7(9)12-2/h6H,3-5H2,1-2H3/t6-,8?/m1/s1. The van der Waals surface area contributed by atoms with Crippen LogP contribution < -0.4 is 0 Å². The summed E-state index contributed by atoms with van der Waals surface area (Å²) in [4.78, 5) is 10.7. The average molecular weight is 207 g/mol. The Morgan fingerprint density at radius 3 is 2.54 bits per heavy atom. The van der Waals surface area contributed by atoms with Crippen LogP contribution in [0.2, 0.25) is 0 Å². The van der Waals surface area contributed by atoms with Crippen molar-refractivity contribution in [3.05, 3.63) is 0 Å². The lowest BCUT2D eigenvalue weighted by Crippen LogP contribution is -2.20. The SMILES string of the molecule is COC(=O)CCS(=O)(=O)N1C[C@H]1C. The van der Waals surface area contributed by atoms with Crippen LogP contribution in [0.3, 0.4) is 0 Å². The average Bonchev–Trinajstić information content (AvgIpc) is 2.79. The van der Waals surface area contributed by atoms with Crippen LogP contribution in [0, 0.1) is 0 Å². The third-order valence-electron chi connectivity index (χ3n) is 1.95. The van der Waals surface area contributed by atoms with Crippen molar-refractivity contribution >= 4 is 16.0 Å². The van der Waals surface area contributed by atoms with Gasteiger partial charge < -0.3 is 4.74 Å². The highest BCUT2D eigenvalue weighted by Crippen LogP contribution is 2.22. The van der Waals surface area contributed by atoms with Crippen LogP contribution in [-0.2, 0) is 19.6 Å². The Labute approximate surface area is 77.7 Å². The van der Waals surface area contributed by atoms with Crippen LogP contribution >= 0.6 is 0 Å². The fourth-order valence-corrected chi connectivity index (χ4v) is 2.68. The number of carbonyl (C=O) groups is 1. The maximum absolute atomic E-state index is 11.3. The molecule has 1 aliphatic rings. The van der Waals surface area contributed by atoms with Gasteiger partial charge in [0.25, 0.3) is 0 Å². The van der Waals surface area contributed by atoms with E-state index >= 15 is 0 Å². The first-order chi connectivity index (χ1) is 5.97. The Hall–Kier alpha value is -0.620. The molecule has 0 spiro atoms. The van der Waals surface area contributed by atoms with Crippen molar-refractivity contribution in [1.29, 1.82) is 0 Å². The van der Waals surface area contributed by atoms with Gasteiger partial charge in [-0.15, -0.1) is 0 Å². The van der Waals surface area contributed by atoms with Crippen molar-refractivity contribution < 1.29 is 17.9 Å². The lowest BCUT2D eigenvalue weighted by Gasteiger charge is -2.03. The summed E-state index contributed by atoms with van der Waals surface area (Å²) < 4.78 is 28.4. The minimum absolute atomic E-state index is 0.0674. The van der Waals surface area contributed by atoms with Gasteiger partial charge in [-0.3, -0.25) is 4.79 Å². The van der Waals surface area contributed by atoms with E-state index in [1.54, 1.807) is 0 Å². The summed E-state index contributed by atoms with van der Waals surface area (Å²) in [6, 6.07) is 0.0997. The van der Waals surface area contributed by atoms with Crippen LogP contribution in [0.1, 0.15) is 13.3 Å². The maximum atomic E-state index is 11.3. The third-order valence-corrected chi connectivity index (χ3v) is 3.89. The van der Waals surface area contributed by atoms with E-state index in [1.165, 1.54) is 11.4 Å². The predicted octanol–water partition coefficient (Wildman–Crippen LogP) is -0.417. The van der Waals surface area contributed by atoms with E-state index in [-0.39, 0.29) is 18.2 Å². The molecule has 0 radical (unpaired) electrons. The predicted molar refractivity (Wildman–Crippen MR) is 46.6 cm³/mol. The minimum Gasteiger partial charge on any atom is -0.469 e. The molecule has 1 fully saturated rings. The first-order valence-corrected chi connectivity index (χ1v) is 5.64. The van der Waals surface area contributed by atoms with E-state index < -0.39 is 16.0 Å². The zero-order valence-electron chi connectivity index (χ0n) is 7.69. The normalized spacial score (nSPS) is 26.9. The first kappa shape index (κ1) is 10.5. The van der Waals surface area contributed by atoms with Crippen molar-refractivity contribution in [1.82, 2.24) is 4.31 Å². The van der Waals surface area contributed by atoms with Gasteiger partial charge >= 0.3 is 5.97 Å². The molecule has 1 rings (SSSR count). The summed E-state index contributed by atoms with van der Waals surface area (Å²) in [6.07, 6.45) is -0.0674. The van der Waals surface area contributed by atoms with Crippen LogP contribution in [0.5, 0.6) is 0 Å². The summed E-state index contributed by atoms with van der Waals surface area (Å²) in [7, 11) is -1.96. The van der Waals surface area contributed by atoms with Gasteiger partial charge in [0.05, 0.1) is 19.3 Å². The number of rotatable bonds is 4. The highest BCUT2D eigenvalue weighted by Gasteiger charge is 2.39. The number of sulfonamides is 1. The zero-order valence-corrected chi connectivity index (χ0v) is 8.50. The highest BCUT2D eigenvalue weighted by molar-refractivity contribution is 7.89. The quantitative estimate of drug-likeness (QED) is 0.464. The zero-order chi connectivity index (χ0) is 10.1. The Bertz CT molecular complexity index is 298. The van der Waals surface area contributed by atoms with Crippen LogP contribution in [-0.4, -0.2) is 44.1 Å². The number of methoxy groups -OCH3 is 1. The second-order valence-corrected chi connectivity index (χ2v) is 5.10. The first-order valence-electron chi connectivity index (χ1n) is 4.03. The van der Waals surface area contributed by atoms with E-state index in [0.29, 0.717) is 6.54 Å². The summed E-state index contributed by atoms with van der Waals surface area (Å²) in [5, 5.41) is 0. The summed E-state index contributed by atoms with van der Waals surface area (Å²) in [6.45, 7) is 2.40. The minimum atomic E-state index is -3.21. The van der Waals surface area contributed by atoms with E-state index in [2.05, 4.69) is 4.74 Å². The molecule has 0 bridgehead atoms. The summed E-state index contributed by atoms with van der Waals surface area (Å²) in [5.74, 6) is -0.637. The van der Waals surface area contributed by atoms with E-state index in [0.717, 1.165) is 0 Å². The molecular formula is C7H13NO4S. The molecule has 0 saturated carbocycles. The molecule has 0 aromatic heterocycles. The third kappa shape index (κ3) is 2.67. The van der Waals surface area contributed by atoms with E-state index in [1.807, 2.05) is 6.92 Å². The van der Waals surface area contributed by atoms with Gasteiger partial charge in [0, 0.05) is 12.6 Å². The van der Waals surface area contributed by atoms with Crippen molar-refractivity contribution in [2.24, 2.45) is 0 Å². The number of ether oxygens (including phenoxy) is 1. The van der Waals surface area contributed by atoms with E-state index in [4.69, 9.17) is 0 Å². The van der Waals surface area contributed by atoms with Gasteiger partial charge in [0.1, 0.15) is 0 Å². The van der Waals surface area contributed by atoms with Gasteiger partial charge in [-0.25, -0.2) is 8.42 Å². The molecule has 13 heavy (non-hydrogen) atoms. The molecule has 1 heterocycles. The number of nitrogens with zero attached hydrogens (tertiary/aromatic N) is 1. The summed E-state index contributed by atoms with van der Waals surface area (Å²) >= 11 is 0. The second kappa shape index (κ2) is 3.63. The van der Waals surface area contributed by atoms with Gasteiger partial charge in [-0.2, -0.15) is 4.31 Å². The van der Waals surface area contributed by atoms with Crippen molar-refractivity contribution in [3.63, 3.8) is 0 Å². The van der Waals surface area contributed by atoms with Crippen molar-refractivity contribution in [2.75, 3.05) is 19.4 Å². The number of hydrogen-bond donors (Lipinski definition) is 0. The van der Waals surface area contributed by atoms with Crippen LogP contribution in [0.25, 0.3) is 0 Å². The van der Waals surface area contributed by atoms with E-state index in [9.17, 15) is 13.2 Å². The second-order valence-electron chi connectivity index (χ2n) is 3.06. The molecule has 2 atom stereocenters. The summed E-state index contributed by atoms with van der Waals surface area (Å²) in [5.41, 5.74) is 0. The molecule has 76 valence electrons. The lowest BCUT2D eigenvalue weighted by atomic mass is 10.5. The largest absolute Gasteiger partial charge is 0.469 e. The van der Waals surface area contributed by atoms with Crippen molar-refractivity contribution in [3.8, 4) is 0 Å². The number of carbonyl (C=O) groups excluding carboxylic acids is 1. The van der Waals surface area contributed by atoms with Gasteiger partial charge in [-0.1, -0.05) is 0 Å². The van der Waals surface area contributed by atoms with Gasteiger partial charge in [0.2, 0.25) is 10.0 Å². The molecule has 6 heteroatoms. The monoisotopic (exact) mass is 207 g/mol. The molecule has 0 aliphatic carbocycles. The topological polar surface area (TPSA) is 63.5 Å². The highest BCUT2D eigenvalue weighted by atomic mass is 32.2. The fraction of sp³-hybridized carbons (Fsp3) is 0.857. The molecule has 1 unspecified atom stereocenters. The molecule has 0 N–H and O–H groups in total. The Morgan fingerprint density at radius 1 is 1.62 bits per heavy atom. The molecule has 5 nitrogen and oxygen atoms in total. The Balaban J connectivity index is 2.40. The molecule has 0 aromatic carbocycles. The number of esters is 1. The van der Waals surface area contributed by atoms with Gasteiger partial charge in [-0.05, 0) is 6.92 Å². The fourth-order valence-electron chi connectivity index (χ4n) is 1.03. The Kier molecular flexibility index (Phi) is 2.92. The van der Waals surface area contributed by atoms with Crippen molar-refractivity contribution in [2.45, 2.75) is 19.4 Å². The molecule has 0 aromatic rings. The van der Waals surface area contributed by atoms with Crippen LogP contribution in [0.4, 0.5) is 0 Å². The van der Waals surface area contributed by atoms with Crippen LogP contribution in [0.15, 0.2) is 0 Å². The number of hydrogen-bond acceptors (Lipinski definition) is 4. The lowest BCUT2D eigenvalue weighted by molar-refractivity contribution is -0.140. The Morgan fingerprint density at radius 2 is 2.15 bits per heavy atom. The molecule has 1 saturated heterocycles. The van der Waals surface area contributed by atoms with Gasteiger partial charge in [0.15, 0.2) is 0 Å².